The molecule has 0 spiro atoms. The number of hydrogen-bond donors (Lipinski definition) is 0. The molecule has 4 aromatic rings. The number of hydrogen-bond acceptors (Lipinski definition) is 4. The number of aromatic nitrogens is 4. The molecule has 220 valence electrons. The van der Waals surface area contributed by atoms with Crippen LogP contribution in [0.2, 0.25) is 0 Å². The lowest BCUT2D eigenvalue weighted by Crippen LogP contribution is -2.20. The van der Waals surface area contributed by atoms with E-state index in [0.29, 0.717) is 22.4 Å². The third kappa shape index (κ3) is 7.51. The summed E-state index contributed by atoms with van der Waals surface area (Å²) in [4.78, 5) is 11.6. The molecule has 3 aromatic heterocycles. The molecule has 2 fully saturated rings. The first-order valence-corrected chi connectivity index (χ1v) is 16.1. The SMILES string of the molecule is CN1CCCCCCCC1.Cc1ccc2nccc(-c3cnn4cc(C5CCCCC(C)CCC5)cnc34)c2c1F. The second kappa shape index (κ2) is 14.4. The van der Waals surface area contributed by atoms with Gasteiger partial charge in [0.1, 0.15) is 5.82 Å². The molecule has 1 saturated carbocycles. The van der Waals surface area contributed by atoms with E-state index in [9.17, 15) is 0 Å². The normalized spacial score (nSPS) is 21.6. The molecule has 0 N–H and O–H groups in total. The van der Waals surface area contributed by atoms with Gasteiger partial charge in [-0.2, -0.15) is 5.10 Å². The van der Waals surface area contributed by atoms with Crippen molar-refractivity contribution in [2.45, 2.75) is 103 Å². The predicted octanol–water partition coefficient (Wildman–Crippen LogP) is 9.13. The molecular formula is C35H48FN5. The lowest BCUT2D eigenvalue weighted by Gasteiger charge is -2.16. The van der Waals surface area contributed by atoms with Crippen LogP contribution in [0.1, 0.15) is 107 Å². The summed E-state index contributed by atoms with van der Waals surface area (Å²) in [6.45, 7) is 6.80. The molecule has 1 aliphatic heterocycles. The lowest BCUT2D eigenvalue weighted by molar-refractivity contribution is 0.327. The molecule has 1 aliphatic carbocycles. The summed E-state index contributed by atoms with van der Waals surface area (Å²) in [6.07, 6.45) is 25.3. The fourth-order valence-electron chi connectivity index (χ4n) is 6.62. The fraction of sp³-hybridized carbons (Fsp3) is 0.571. The number of halogens is 1. The Balaban J connectivity index is 0.000000287. The molecule has 1 saturated heterocycles. The minimum atomic E-state index is -0.226. The van der Waals surface area contributed by atoms with E-state index in [1.54, 1.807) is 25.4 Å². The van der Waals surface area contributed by atoms with Gasteiger partial charge in [-0.1, -0.05) is 70.8 Å². The average Bonchev–Trinajstić information content (AvgIpc) is 3.48. The van der Waals surface area contributed by atoms with Crippen LogP contribution in [-0.2, 0) is 0 Å². The van der Waals surface area contributed by atoms with Crippen molar-refractivity contribution >= 4 is 16.6 Å². The van der Waals surface area contributed by atoms with E-state index in [-0.39, 0.29) is 5.82 Å². The molecule has 5 nitrogen and oxygen atoms in total. The zero-order valence-electron chi connectivity index (χ0n) is 25.4. The van der Waals surface area contributed by atoms with Crippen LogP contribution in [0.15, 0.2) is 43.0 Å². The number of benzene rings is 1. The molecule has 1 aromatic carbocycles. The van der Waals surface area contributed by atoms with Crippen LogP contribution in [0.5, 0.6) is 0 Å². The summed E-state index contributed by atoms with van der Waals surface area (Å²) < 4.78 is 16.9. The molecular weight excluding hydrogens is 509 g/mol. The number of fused-ring (bicyclic) bond motifs is 2. The molecule has 0 amide bonds. The van der Waals surface area contributed by atoms with Crippen LogP contribution in [-0.4, -0.2) is 44.6 Å². The highest BCUT2D eigenvalue weighted by Gasteiger charge is 2.19. The van der Waals surface area contributed by atoms with Gasteiger partial charge in [0.2, 0.25) is 0 Å². The van der Waals surface area contributed by atoms with Gasteiger partial charge in [0.25, 0.3) is 0 Å². The molecule has 6 rings (SSSR count). The Labute approximate surface area is 245 Å². The quantitative estimate of drug-likeness (QED) is 0.247. The van der Waals surface area contributed by atoms with Crippen LogP contribution in [0.25, 0.3) is 27.7 Å². The maximum Gasteiger partial charge on any atom is 0.162 e. The Morgan fingerprint density at radius 3 is 2.29 bits per heavy atom. The van der Waals surface area contributed by atoms with Gasteiger partial charge in [-0.15, -0.1) is 0 Å². The summed E-state index contributed by atoms with van der Waals surface area (Å²) in [6, 6.07) is 5.50. The molecule has 4 heterocycles. The summed E-state index contributed by atoms with van der Waals surface area (Å²) >= 11 is 0. The maximum absolute atomic E-state index is 15.0. The molecule has 2 aliphatic rings. The largest absolute Gasteiger partial charge is 0.306 e. The topological polar surface area (TPSA) is 46.3 Å². The molecule has 0 radical (unpaired) electrons. The maximum atomic E-state index is 15.0. The number of aryl methyl sites for hydroxylation is 1. The zero-order chi connectivity index (χ0) is 28.6. The van der Waals surface area contributed by atoms with Gasteiger partial charge in [0, 0.05) is 35.1 Å². The number of pyridine rings is 1. The first-order valence-electron chi connectivity index (χ1n) is 16.1. The third-order valence-corrected chi connectivity index (χ3v) is 9.25. The summed E-state index contributed by atoms with van der Waals surface area (Å²) in [7, 11) is 2.24. The molecule has 2 unspecified atom stereocenters. The predicted molar refractivity (Wildman–Crippen MR) is 168 cm³/mol. The van der Waals surface area contributed by atoms with Crippen LogP contribution >= 0.6 is 0 Å². The van der Waals surface area contributed by atoms with E-state index < -0.39 is 0 Å². The Bertz CT molecular complexity index is 1400. The number of rotatable bonds is 2. The van der Waals surface area contributed by atoms with Gasteiger partial charge < -0.3 is 4.90 Å². The van der Waals surface area contributed by atoms with E-state index >= 15 is 4.39 Å². The van der Waals surface area contributed by atoms with Crippen molar-refractivity contribution in [2.75, 3.05) is 20.1 Å². The standard InChI is InChI=1S/C26H29FN4.C9H19N/c1-17-6-3-4-8-19(9-5-7-17)20-14-29-26-22(15-30-31(26)16-20)21-12-13-28-23-11-10-18(2)25(27)24(21)23;1-10-8-6-4-2-3-5-7-9-10/h10-17,19H,3-9H2,1-2H3;2-9H2,1H3. The van der Waals surface area contributed by atoms with Crippen molar-refractivity contribution in [2.24, 2.45) is 5.92 Å². The molecule has 2 atom stereocenters. The zero-order valence-corrected chi connectivity index (χ0v) is 25.4. The molecule has 0 bridgehead atoms. The van der Waals surface area contributed by atoms with E-state index in [4.69, 9.17) is 4.98 Å². The van der Waals surface area contributed by atoms with Gasteiger partial charge in [0.05, 0.1) is 11.7 Å². The van der Waals surface area contributed by atoms with Crippen molar-refractivity contribution in [3.05, 3.63) is 59.9 Å². The first kappa shape index (κ1) is 29.6. The van der Waals surface area contributed by atoms with Crippen molar-refractivity contribution in [3.63, 3.8) is 0 Å². The minimum absolute atomic E-state index is 0.226. The molecule has 6 heteroatoms. The molecule has 41 heavy (non-hydrogen) atoms. The third-order valence-electron chi connectivity index (χ3n) is 9.25. The van der Waals surface area contributed by atoms with E-state index in [1.807, 2.05) is 22.8 Å². The van der Waals surface area contributed by atoms with E-state index in [1.165, 1.54) is 102 Å². The van der Waals surface area contributed by atoms with Gasteiger partial charge in [-0.05, 0) is 87.8 Å². The van der Waals surface area contributed by atoms with Crippen LogP contribution in [0.3, 0.4) is 0 Å². The highest BCUT2D eigenvalue weighted by molar-refractivity contribution is 5.98. The van der Waals surface area contributed by atoms with Crippen molar-refractivity contribution in [1.82, 2.24) is 24.5 Å². The van der Waals surface area contributed by atoms with Crippen molar-refractivity contribution in [3.8, 4) is 11.1 Å². The van der Waals surface area contributed by atoms with E-state index in [2.05, 4.69) is 35.2 Å². The Kier molecular flexibility index (Phi) is 10.4. The Morgan fingerprint density at radius 1 is 0.780 bits per heavy atom. The van der Waals surface area contributed by atoms with Crippen LogP contribution < -0.4 is 0 Å². The highest BCUT2D eigenvalue weighted by Crippen LogP contribution is 2.35. The van der Waals surface area contributed by atoms with Gasteiger partial charge in [-0.3, -0.25) is 4.98 Å². The van der Waals surface area contributed by atoms with Crippen molar-refractivity contribution in [1.29, 1.82) is 0 Å². The van der Waals surface area contributed by atoms with Gasteiger partial charge in [-0.25, -0.2) is 13.9 Å². The van der Waals surface area contributed by atoms with Crippen LogP contribution in [0, 0.1) is 18.7 Å². The fourth-order valence-corrected chi connectivity index (χ4v) is 6.62. The smallest absolute Gasteiger partial charge is 0.162 e. The van der Waals surface area contributed by atoms with Gasteiger partial charge in [0.15, 0.2) is 5.65 Å². The number of nitrogens with zero attached hydrogens (tertiary/aromatic N) is 5. The minimum Gasteiger partial charge on any atom is -0.306 e. The Hall–Kier alpha value is -2.86. The second-order valence-corrected chi connectivity index (χ2v) is 12.6. The highest BCUT2D eigenvalue weighted by atomic mass is 19.1. The Morgan fingerprint density at radius 2 is 1.49 bits per heavy atom. The van der Waals surface area contributed by atoms with E-state index in [0.717, 1.165) is 22.7 Å². The lowest BCUT2D eigenvalue weighted by atomic mass is 9.91. The average molecular weight is 558 g/mol. The monoisotopic (exact) mass is 557 g/mol. The second-order valence-electron chi connectivity index (χ2n) is 12.6. The summed E-state index contributed by atoms with van der Waals surface area (Å²) in [5.74, 6) is 1.15. The summed E-state index contributed by atoms with van der Waals surface area (Å²) in [5.41, 5.74) is 4.91. The summed E-state index contributed by atoms with van der Waals surface area (Å²) in [5, 5.41) is 5.13. The van der Waals surface area contributed by atoms with Crippen LogP contribution in [0.4, 0.5) is 4.39 Å². The van der Waals surface area contributed by atoms with Crippen molar-refractivity contribution < 1.29 is 4.39 Å². The first-order chi connectivity index (χ1) is 20.0. The van der Waals surface area contributed by atoms with Gasteiger partial charge >= 0.3 is 0 Å².